The fourth-order valence-corrected chi connectivity index (χ4v) is 2.55. The molecule has 1 fully saturated rings. The lowest BCUT2D eigenvalue weighted by Gasteiger charge is -2.17. The summed E-state index contributed by atoms with van der Waals surface area (Å²) in [4.78, 5) is 11.5. The van der Waals surface area contributed by atoms with E-state index in [1.165, 1.54) is 0 Å². The zero-order chi connectivity index (χ0) is 14.3. The molecule has 0 atom stereocenters. The summed E-state index contributed by atoms with van der Waals surface area (Å²) in [5.74, 6) is 0.00239. The van der Waals surface area contributed by atoms with E-state index in [0.717, 1.165) is 17.1 Å². The van der Waals surface area contributed by atoms with Gasteiger partial charge in [0.05, 0.1) is 11.6 Å². The second-order valence-electron chi connectivity index (χ2n) is 5.04. The number of halogens is 1. The molecule has 3 rings (SSSR count). The van der Waals surface area contributed by atoms with E-state index in [4.69, 9.17) is 11.6 Å². The van der Waals surface area contributed by atoms with E-state index in [2.05, 4.69) is 10.4 Å². The lowest BCUT2D eigenvalue weighted by atomic mass is 9.94. The Hall–Kier alpha value is -2.01. The average Bonchev–Trinajstić information content (AvgIpc) is 3.12. The second-order valence-corrected chi connectivity index (χ2v) is 5.48. The number of carbonyl (C=O) groups is 1. The third-order valence-corrected chi connectivity index (χ3v) is 3.98. The van der Waals surface area contributed by atoms with Crippen LogP contribution in [0.25, 0.3) is 0 Å². The largest absolute Gasteiger partial charge is 0.481 e. The number of benzene rings is 1. The van der Waals surface area contributed by atoms with Gasteiger partial charge in [-0.1, -0.05) is 11.6 Å². The molecule has 0 amide bonds. The number of nitrogens with one attached hydrogen (secondary N) is 1. The zero-order valence-corrected chi connectivity index (χ0v) is 11.7. The molecule has 0 radical (unpaired) electrons. The Kier molecular flexibility index (Phi) is 2.94. The molecule has 0 saturated heterocycles. The molecule has 1 aliphatic rings. The summed E-state index contributed by atoms with van der Waals surface area (Å²) in [7, 11) is 1.82. The van der Waals surface area contributed by atoms with E-state index in [0.29, 0.717) is 17.9 Å². The molecule has 0 unspecified atom stereocenters. The van der Waals surface area contributed by atoms with Crippen molar-refractivity contribution in [3.63, 3.8) is 0 Å². The maximum Gasteiger partial charge on any atom is 0.314 e. The number of carboxylic acid groups (broad SMARTS) is 1. The van der Waals surface area contributed by atoms with Gasteiger partial charge in [0.2, 0.25) is 0 Å². The summed E-state index contributed by atoms with van der Waals surface area (Å²) in [5.41, 5.74) is 0.697. The quantitative estimate of drug-likeness (QED) is 0.909. The third kappa shape index (κ3) is 2.04. The minimum Gasteiger partial charge on any atom is -0.481 e. The Balaban J connectivity index is 2.04. The molecule has 0 aliphatic heterocycles. The highest BCUT2D eigenvalue weighted by Gasteiger charge is 2.53. The van der Waals surface area contributed by atoms with Gasteiger partial charge in [0.15, 0.2) is 0 Å². The molecule has 1 aliphatic carbocycles. The Bertz CT molecular complexity index is 677. The SMILES string of the molecule is Cn1nccc1Nc1ccc(Cl)cc1C1(C(=O)O)CC1. The van der Waals surface area contributed by atoms with Gasteiger partial charge < -0.3 is 10.4 Å². The van der Waals surface area contributed by atoms with E-state index >= 15 is 0 Å². The van der Waals surface area contributed by atoms with Gasteiger partial charge in [-0.2, -0.15) is 5.10 Å². The second kappa shape index (κ2) is 4.52. The number of aryl methyl sites for hydroxylation is 1. The Morgan fingerprint density at radius 3 is 2.75 bits per heavy atom. The summed E-state index contributed by atoms with van der Waals surface area (Å²) in [6, 6.07) is 7.13. The van der Waals surface area contributed by atoms with Crippen molar-refractivity contribution in [3.8, 4) is 0 Å². The molecular formula is C14H14ClN3O2. The number of nitrogens with zero attached hydrogens (tertiary/aromatic N) is 2. The van der Waals surface area contributed by atoms with Crippen LogP contribution >= 0.6 is 11.6 Å². The number of aliphatic carboxylic acids is 1. The van der Waals surface area contributed by atoms with Gasteiger partial charge in [-0.25, -0.2) is 0 Å². The molecule has 1 aromatic heterocycles. The first-order valence-corrected chi connectivity index (χ1v) is 6.69. The smallest absolute Gasteiger partial charge is 0.314 e. The summed E-state index contributed by atoms with van der Waals surface area (Å²) < 4.78 is 1.69. The normalized spacial score (nSPS) is 15.9. The van der Waals surface area contributed by atoms with Crippen LogP contribution in [0.5, 0.6) is 0 Å². The monoisotopic (exact) mass is 291 g/mol. The van der Waals surface area contributed by atoms with Crippen molar-refractivity contribution in [1.82, 2.24) is 9.78 Å². The molecule has 0 bridgehead atoms. The van der Waals surface area contributed by atoms with E-state index in [1.807, 2.05) is 19.2 Å². The van der Waals surface area contributed by atoms with Crippen molar-refractivity contribution in [3.05, 3.63) is 41.0 Å². The molecule has 0 spiro atoms. The van der Waals surface area contributed by atoms with E-state index in [1.54, 1.807) is 23.0 Å². The zero-order valence-electron chi connectivity index (χ0n) is 10.9. The highest BCUT2D eigenvalue weighted by Crippen LogP contribution is 2.51. The van der Waals surface area contributed by atoms with Gasteiger partial charge >= 0.3 is 5.97 Å². The predicted molar refractivity (Wildman–Crippen MR) is 76.5 cm³/mol. The summed E-state index contributed by atoms with van der Waals surface area (Å²) in [5, 5.41) is 17.3. The first kappa shape index (κ1) is 13.0. The third-order valence-electron chi connectivity index (χ3n) is 3.74. The van der Waals surface area contributed by atoms with Crippen LogP contribution in [0.1, 0.15) is 18.4 Å². The fourth-order valence-electron chi connectivity index (χ4n) is 2.38. The lowest BCUT2D eigenvalue weighted by molar-refractivity contribution is -0.140. The van der Waals surface area contributed by atoms with Gasteiger partial charge in [0.1, 0.15) is 5.82 Å². The van der Waals surface area contributed by atoms with Crippen LogP contribution in [0.15, 0.2) is 30.5 Å². The van der Waals surface area contributed by atoms with Crippen molar-refractivity contribution in [2.24, 2.45) is 7.05 Å². The first-order chi connectivity index (χ1) is 9.53. The van der Waals surface area contributed by atoms with Gasteiger partial charge in [-0.3, -0.25) is 9.48 Å². The molecular weight excluding hydrogens is 278 g/mol. The topological polar surface area (TPSA) is 67.2 Å². The van der Waals surface area contributed by atoms with Crippen LogP contribution in [-0.2, 0) is 17.3 Å². The standard InChI is InChI=1S/C14H14ClN3O2/c1-18-12(4-7-16-18)17-11-3-2-9(15)8-10(11)14(5-6-14)13(19)20/h2-4,7-8,17H,5-6H2,1H3,(H,19,20). The number of anilines is 2. The van der Waals surface area contributed by atoms with Gasteiger partial charge in [-0.05, 0) is 36.6 Å². The number of rotatable bonds is 4. The van der Waals surface area contributed by atoms with Crippen LogP contribution in [0.3, 0.4) is 0 Å². The van der Waals surface area contributed by atoms with Crippen LogP contribution in [0.4, 0.5) is 11.5 Å². The molecule has 5 nitrogen and oxygen atoms in total. The summed E-state index contributed by atoms with van der Waals surface area (Å²) in [6.45, 7) is 0. The minimum atomic E-state index is -0.800. The van der Waals surface area contributed by atoms with Crippen LogP contribution in [0, 0.1) is 0 Å². The van der Waals surface area contributed by atoms with E-state index in [9.17, 15) is 9.90 Å². The molecule has 20 heavy (non-hydrogen) atoms. The molecule has 1 saturated carbocycles. The number of carboxylic acids is 1. The predicted octanol–water partition coefficient (Wildman–Crippen LogP) is 2.93. The minimum absolute atomic E-state index is 0.545. The first-order valence-electron chi connectivity index (χ1n) is 6.31. The fraction of sp³-hybridized carbons (Fsp3) is 0.286. The van der Waals surface area contributed by atoms with E-state index in [-0.39, 0.29) is 0 Å². The van der Waals surface area contributed by atoms with E-state index < -0.39 is 11.4 Å². The highest BCUT2D eigenvalue weighted by molar-refractivity contribution is 6.30. The Labute approximate surface area is 121 Å². The molecule has 1 heterocycles. The highest BCUT2D eigenvalue weighted by atomic mass is 35.5. The number of hydrogen-bond donors (Lipinski definition) is 2. The molecule has 104 valence electrons. The van der Waals surface area contributed by atoms with Crippen molar-refractivity contribution in [1.29, 1.82) is 0 Å². The van der Waals surface area contributed by atoms with Gasteiger partial charge in [0.25, 0.3) is 0 Å². The van der Waals surface area contributed by atoms with Gasteiger partial charge in [0, 0.05) is 23.8 Å². The average molecular weight is 292 g/mol. The van der Waals surface area contributed by atoms with Crippen molar-refractivity contribution >= 4 is 29.1 Å². The lowest BCUT2D eigenvalue weighted by Crippen LogP contribution is -2.21. The molecule has 2 aromatic rings. The maximum absolute atomic E-state index is 11.5. The van der Waals surface area contributed by atoms with Crippen LogP contribution in [-0.4, -0.2) is 20.9 Å². The Morgan fingerprint density at radius 2 is 2.20 bits per heavy atom. The molecule has 2 N–H and O–H groups in total. The Morgan fingerprint density at radius 1 is 1.45 bits per heavy atom. The summed E-state index contributed by atoms with van der Waals surface area (Å²) in [6.07, 6.45) is 2.97. The maximum atomic E-state index is 11.5. The van der Waals surface area contributed by atoms with Gasteiger partial charge in [-0.15, -0.1) is 0 Å². The van der Waals surface area contributed by atoms with Crippen molar-refractivity contribution in [2.75, 3.05) is 5.32 Å². The molecule has 6 heteroatoms. The molecule has 1 aromatic carbocycles. The van der Waals surface area contributed by atoms with Crippen LogP contribution in [0.2, 0.25) is 5.02 Å². The number of aromatic nitrogens is 2. The van der Waals surface area contributed by atoms with Crippen molar-refractivity contribution in [2.45, 2.75) is 18.3 Å². The van der Waals surface area contributed by atoms with Crippen molar-refractivity contribution < 1.29 is 9.90 Å². The summed E-state index contributed by atoms with van der Waals surface area (Å²) >= 11 is 6.03. The number of hydrogen-bond acceptors (Lipinski definition) is 3. The van der Waals surface area contributed by atoms with Crippen LogP contribution < -0.4 is 5.32 Å².